The molecule has 158 valence electrons. The Balaban J connectivity index is 1.72. The first-order valence-corrected chi connectivity index (χ1v) is 12.3. The monoisotopic (exact) mass is 437 g/mol. The summed E-state index contributed by atoms with van der Waals surface area (Å²) >= 11 is 1.62. The van der Waals surface area contributed by atoms with Crippen molar-refractivity contribution in [2.24, 2.45) is 5.92 Å². The molecule has 2 aromatic heterocycles. The minimum Gasteiger partial charge on any atom is -0.481 e. The van der Waals surface area contributed by atoms with Gasteiger partial charge >= 0.3 is 0 Å². The summed E-state index contributed by atoms with van der Waals surface area (Å²) in [4.78, 5) is 17.3. The molecule has 1 fully saturated rings. The Kier molecular flexibility index (Phi) is 7.26. The summed E-state index contributed by atoms with van der Waals surface area (Å²) in [6.07, 6.45) is 3.36. The second-order valence-corrected chi connectivity index (χ2v) is 10.1. The van der Waals surface area contributed by atoms with Gasteiger partial charge in [-0.05, 0) is 54.6 Å². The van der Waals surface area contributed by atoms with Crippen LogP contribution in [-0.2, 0) is 21.2 Å². The molecule has 1 amide bonds. The highest BCUT2D eigenvalue weighted by molar-refractivity contribution is 7.89. The number of aromatic nitrogens is 1. The molecule has 0 aliphatic carbocycles. The van der Waals surface area contributed by atoms with Crippen LogP contribution in [0.4, 0.5) is 0 Å². The van der Waals surface area contributed by atoms with Gasteiger partial charge in [0.05, 0.1) is 18.9 Å². The van der Waals surface area contributed by atoms with Crippen molar-refractivity contribution in [1.82, 2.24) is 14.6 Å². The number of piperidine rings is 1. The first-order valence-electron chi connectivity index (χ1n) is 9.72. The van der Waals surface area contributed by atoms with Crippen molar-refractivity contribution in [3.05, 3.63) is 46.3 Å². The molecule has 3 heterocycles. The summed E-state index contributed by atoms with van der Waals surface area (Å²) in [5.41, 5.74) is 1.97. The highest BCUT2D eigenvalue weighted by Crippen LogP contribution is 2.28. The topological polar surface area (TPSA) is 88.6 Å². The molecule has 2 aromatic rings. The van der Waals surface area contributed by atoms with Crippen molar-refractivity contribution in [3.63, 3.8) is 0 Å². The van der Waals surface area contributed by atoms with Crippen molar-refractivity contribution in [2.45, 2.75) is 32.2 Å². The van der Waals surface area contributed by atoms with Gasteiger partial charge in [0.1, 0.15) is 0 Å². The molecular formula is C20H27N3O4S2. The van der Waals surface area contributed by atoms with Crippen LogP contribution in [0.2, 0.25) is 0 Å². The van der Waals surface area contributed by atoms with Gasteiger partial charge in [-0.3, -0.25) is 4.79 Å². The summed E-state index contributed by atoms with van der Waals surface area (Å²) in [6.45, 7) is 2.42. The van der Waals surface area contributed by atoms with Gasteiger partial charge in [0.15, 0.2) is 0 Å². The maximum atomic E-state index is 13.0. The number of hydrogen-bond acceptors (Lipinski definition) is 6. The van der Waals surface area contributed by atoms with E-state index in [2.05, 4.69) is 15.7 Å². The van der Waals surface area contributed by atoms with Crippen LogP contribution in [0.1, 0.15) is 36.9 Å². The number of carbonyl (C=O) groups excluding carboxylic acids is 1. The van der Waals surface area contributed by atoms with Gasteiger partial charge in [-0.15, -0.1) is 0 Å². The third-order valence-electron chi connectivity index (χ3n) is 5.29. The van der Waals surface area contributed by atoms with Crippen molar-refractivity contribution in [1.29, 1.82) is 0 Å². The number of nitrogens with one attached hydrogen (secondary N) is 1. The number of ether oxygens (including phenoxy) is 1. The van der Waals surface area contributed by atoms with E-state index in [9.17, 15) is 13.2 Å². The number of pyridine rings is 1. The predicted molar refractivity (Wildman–Crippen MR) is 113 cm³/mol. The number of rotatable bonds is 8. The maximum Gasteiger partial charge on any atom is 0.223 e. The Labute approximate surface area is 176 Å². The molecule has 7 nitrogen and oxygen atoms in total. The van der Waals surface area contributed by atoms with E-state index in [1.807, 2.05) is 23.6 Å². The second kappa shape index (κ2) is 9.69. The molecule has 0 radical (unpaired) electrons. The van der Waals surface area contributed by atoms with Gasteiger partial charge in [0.2, 0.25) is 21.8 Å². The summed E-state index contributed by atoms with van der Waals surface area (Å²) < 4.78 is 31.0. The van der Waals surface area contributed by atoms with Crippen LogP contribution in [0.25, 0.3) is 0 Å². The molecule has 29 heavy (non-hydrogen) atoms. The fourth-order valence-corrected chi connectivity index (χ4v) is 5.40. The van der Waals surface area contributed by atoms with Crippen molar-refractivity contribution >= 4 is 27.3 Å². The van der Waals surface area contributed by atoms with Gasteiger partial charge < -0.3 is 10.1 Å². The summed E-state index contributed by atoms with van der Waals surface area (Å²) in [5.74, 6) is 0.334. The van der Waals surface area contributed by atoms with Gasteiger partial charge in [-0.1, -0.05) is 6.07 Å². The van der Waals surface area contributed by atoms with Gasteiger partial charge in [0, 0.05) is 30.8 Å². The molecule has 9 heteroatoms. The first kappa shape index (κ1) is 21.7. The largest absolute Gasteiger partial charge is 0.481 e. The minimum absolute atomic E-state index is 0.0512. The smallest absolute Gasteiger partial charge is 0.223 e. The lowest BCUT2D eigenvalue weighted by atomic mass is 9.95. The lowest BCUT2D eigenvalue weighted by Gasteiger charge is -2.31. The van der Waals surface area contributed by atoms with Gasteiger partial charge in [-0.25, -0.2) is 17.7 Å². The Morgan fingerprint density at radius 2 is 2.14 bits per heavy atom. The number of carbonyl (C=O) groups is 1. The molecule has 1 aliphatic rings. The fraction of sp³-hybridized carbons (Fsp3) is 0.500. The zero-order chi connectivity index (χ0) is 20.9. The fourth-order valence-electron chi connectivity index (χ4n) is 3.59. The third kappa shape index (κ3) is 5.34. The summed E-state index contributed by atoms with van der Waals surface area (Å²) in [7, 11) is -1.63. The van der Waals surface area contributed by atoms with Crippen LogP contribution in [-0.4, -0.2) is 49.6 Å². The molecular weight excluding hydrogens is 410 g/mol. The number of sulfonamides is 1. The van der Waals surface area contributed by atoms with E-state index < -0.39 is 10.0 Å². The van der Waals surface area contributed by atoms with E-state index in [1.165, 1.54) is 4.31 Å². The van der Waals surface area contributed by atoms with Crippen molar-refractivity contribution < 1.29 is 17.9 Å². The molecule has 1 aliphatic heterocycles. The molecule has 3 rings (SSSR count). The van der Waals surface area contributed by atoms with Crippen LogP contribution >= 0.6 is 11.3 Å². The standard InChI is InChI=1S/C20H27N3O4S2/c1-3-29(25,26)23-10-6-16(7-11-23)19(24)22-18(13-15-8-12-28-14-15)17-5-4-9-21-20(17)27-2/h4-5,8-9,12,14,16,18H,3,6-7,10-11,13H2,1-2H3,(H,22,24)/t18-/m1/s1. The van der Waals surface area contributed by atoms with Crippen LogP contribution in [0.5, 0.6) is 5.88 Å². The Morgan fingerprint density at radius 3 is 2.76 bits per heavy atom. The number of methoxy groups -OCH3 is 1. The van der Waals surface area contributed by atoms with Crippen molar-refractivity contribution in [2.75, 3.05) is 26.0 Å². The van der Waals surface area contributed by atoms with E-state index in [-0.39, 0.29) is 23.6 Å². The van der Waals surface area contributed by atoms with E-state index in [0.717, 1.165) is 11.1 Å². The van der Waals surface area contributed by atoms with Crippen LogP contribution in [0, 0.1) is 5.92 Å². The number of thiophene rings is 1. The lowest BCUT2D eigenvalue weighted by molar-refractivity contribution is -0.126. The highest BCUT2D eigenvalue weighted by atomic mass is 32.2. The molecule has 0 spiro atoms. The Hall–Kier alpha value is -1.97. The average Bonchev–Trinajstić information content (AvgIpc) is 3.26. The zero-order valence-corrected chi connectivity index (χ0v) is 18.3. The van der Waals surface area contributed by atoms with Gasteiger partial charge in [0.25, 0.3) is 0 Å². The quantitative estimate of drug-likeness (QED) is 0.686. The third-order valence-corrected chi connectivity index (χ3v) is 7.90. The van der Waals surface area contributed by atoms with Crippen LogP contribution in [0.3, 0.4) is 0 Å². The predicted octanol–water partition coefficient (Wildman–Crippen LogP) is 2.61. The summed E-state index contributed by atoms with van der Waals surface area (Å²) in [6, 6.07) is 5.53. The first-order chi connectivity index (χ1) is 13.9. The number of amides is 1. The highest BCUT2D eigenvalue weighted by Gasteiger charge is 2.31. The molecule has 0 unspecified atom stereocenters. The molecule has 0 aromatic carbocycles. The van der Waals surface area contributed by atoms with E-state index in [0.29, 0.717) is 38.2 Å². The SMILES string of the molecule is CCS(=O)(=O)N1CCC(C(=O)N[C@H](Cc2ccsc2)c2cccnc2OC)CC1. The molecule has 0 bridgehead atoms. The van der Waals surface area contributed by atoms with Gasteiger partial charge in [-0.2, -0.15) is 11.3 Å². The minimum atomic E-state index is -3.20. The molecule has 1 saturated heterocycles. The lowest BCUT2D eigenvalue weighted by Crippen LogP contribution is -2.44. The van der Waals surface area contributed by atoms with Crippen LogP contribution < -0.4 is 10.1 Å². The van der Waals surface area contributed by atoms with E-state index in [1.54, 1.807) is 31.6 Å². The van der Waals surface area contributed by atoms with Crippen LogP contribution in [0.15, 0.2) is 35.2 Å². The van der Waals surface area contributed by atoms with E-state index in [4.69, 9.17) is 4.74 Å². The Bertz CT molecular complexity index is 908. The normalized spacial score (nSPS) is 17.0. The average molecular weight is 438 g/mol. The molecule has 1 atom stereocenters. The van der Waals surface area contributed by atoms with Crippen molar-refractivity contribution in [3.8, 4) is 5.88 Å². The molecule has 0 saturated carbocycles. The van der Waals surface area contributed by atoms with E-state index >= 15 is 0 Å². The number of hydrogen-bond donors (Lipinski definition) is 1. The Morgan fingerprint density at radius 1 is 1.38 bits per heavy atom. The summed E-state index contributed by atoms with van der Waals surface area (Å²) in [5, 5.41) is 7.24. The number of nitrogens with zero attached hydrogens (tertiary/aromatic N) is 2. The zero-order valence-electron chi connectivity index (χ0n) is 16.7. The maximum absolute atomic E-state index is 13.0. The molecule has 1 N–H and O–H groups in total. The second-order valence-electron chi connectivity index (χ2n) is 7.07.